The number of rotatable bonds is 10. The van der Waals surface area contributed by atoms with Gasteiger partial charge in [-0.2, -0.15) is 0 Å². The van der Waals surface area contributed by atoms with Gasteiger partial charge in [-0.1, -0.05) is 19.9 Å². The lowest BCUT2D eigenvalue weighted by Crippen LogP contribution is -2.33. The number of carbonyl (C=O) groups excluding carboxylic acids is 2. The molecule has 2 aromatic carbocycles. The number of likely N-dealkylation sites (tertiary alicyclic amines) is 1. The maximum atomic E-state index is 13.4. The molecule has 2 aliphatic heterocycles. The van der Waals surface area contributed by atoms with Gasteiger partial charge in [0.15, 0.2) is 11.5 Å². The first-order valence-corrected chi connectivity index (χ1v) is 12.8. The first-order chi connectivity index (χ1) is 17.8. The van der Waals surface area contributed by atoms with Crippen LogP contribution in [0.3, 0.4) is 0 Å². The van der Waals surface area contributed by atoms with E-state index in [1.54, 1.807) is 42.3 Å². The molecule has 198 valence electrons. The van der Waals surface area contributed by atoms with E-state index >= 15 is 0 Å². The summed E-state index contributed by atoms with van der Waals surface area (Å²) < 4.78 is 16.7. The Kier molecular flexibility index (Phi) is 8.07. The Bertz CT molecular complexity index is 1200. The third kappa shape index (κ3) is 5.16. The third-order valence-electron chi connectivity index (χ3n) is 7.20. The number of hydrogen-bond donors (Lipinski definition) is 1. The van der Waals surface area contributed by atoms with Gasteiger partial charge in [-0.3, -0.25) is 9.59 Å². The number of Topliss-reactive ketones (excluding diaryl/α,β-unsaturated/α-hetero) is 1. The van der Waals surface area contributed by atoms with Gasteiger partial charge in [-0.25, -0.2) is 0 Å². The normalized spacial score (nSPS) is 20.3. The lowest BCUT2D eigenvalue weighted by Gasteiger charge is -2.27. The van der Waals surface area contributed by atoms with Gasteiger partial charge in [0.1, 0.15) is 17.6 Å². The van der Waals surface area contributed by atoms with Crippen LogP contribution < -0.4 is 14.2 Å². The summed E-state index contributed by atoms with van der Waals surface area (Å²) in [4.78, 5) is 30.5. The smallest absolute Gasteiger partial charge is 0.295 e. The van der Waals surface area contributed by atoms with E-state index in [2.05, 4.69) is 18.7 Å². The van der Waals surface area contributed by atoms with Gasteiger partial charge < -0.3 is 29.1 Å². The van der Waals surface area contributed by atoms with E-state index < -0.39 is 17.7 Å². The largest absolute Gasteiger partial charge is 0.507 e. The lowest BCUT2D eigenvalue weighted by molar-refractivity contribution is -0.140. The van der Waals surface area contributed by atoms with Crippen LogP contribution in [0.15, 0.2) is 42.0 Å². The molecular formula is C29H36N2O6. The molecule has 2 aliphatic rings. The van der Waals surface area contributed by atoms with Crippen LogP contribution in [0, 0.1) is 0 Å². The quantitative estimate of drug-likeness (QED) is 0.293. The molecule has 8 heteroatoms. The predicted molar refractivity (Wildman–Crippen MR) is 141 cm³/mol. The summed E-state index contributed by atoms with van der Waals surface area (Å²) in [6, 6.07) is 9.94. The number of nitrogens with zero attached hydrogens (tertiary/aromatic N) is 2. The molecule has 0 bridgehead atoms. The molecule has 2 heterocycles. The number of benzene rings is 2. The highest BCUT2D eigenvalue weighted by atomic mass is 16.5. The molecule has 4 rings (SSSR count). The molecule has 37 heavy (non-hydrogen) atoms. The van der Waals surface area contributed by atoms with Crippen LogP contribution >= 0.6 is 0 Å². The Balaban J connectivity index is 1.78. The maximum Gasteiger partial charge on any atom is 0.295 e. The highest BCUT2D eigenvalue weighted by molar-refractivity contribution is 6.46. The predicted octanol–water partition coefficient (Wildman–Crippen LogP) is 4.18. The minimum atomic E-state index is -0.750. The van der Waals surface area contributed by atoms with Crippen LogP contribution in [0.25, 0.3) is 5.76 Å². The maximum absolute atomic E-state index is 13.4. The van der Waals surface area contributed by atoms with Crippen molar-refractivity contribution < 1.29 is 28.9 Å². The van der Waals surface area contributed by atoms with E-state index in [0.29, 0.717) is 35.6 Å². The van der Waals surface area contributed by atoms with Crippen LogP contribution in [0.2, 0.25) is 0 Å². The Morgan fingerprint density at radius 3 is 2.49 bits per heavy atom. The molecule has 2 atom stereocenters. The molecule has 1 N–H and O–H groups in total. The summed E-state index contributed by atoms with van der Waals surface area (Å²) in [5.41, 5.74) is 2.20. The minimum absolute atomic E-state index is 0.0514. The SMILES string of the molecule is CCN(CC)CCCN1C(=O)C(=O)C(=C(O)c2ccc3c(c2)C[C@@H](C)O3)[C@H]1c1ccc(OC)c(OC)c1. The topological polar surface area (TPSA) is 88.5 Å². The van der Waals surface area contributed by atoms with E-state index in [0.717, 1.165) is 37.4 Å². The van der Waals surface area contributed by atoms with Gasteiger partial charge in [-0.15, -0.1) is 0 Å². The van der Waals surface area contributed by atoms with Crippen LogP contribution in [-0.2, 0) is 16.0 Å². The van der Waals surface area contributed by atoms with Crippen LogP contribution in [0.5, 0.6) is 17.2 Å². The van der Waals surface area contributed by atoms with Crippen LogP contribution in [-0.4, -0.2) is 73.1 Å². The molecule has 1 saturated heterocycles. The van der Waals surface area contributed by atoms with Crippen LogP contribution in [0.1, 0.15) is 49.9 Å². The summed E-state index contributed by atoms with van der Waals surface area (Å²) in [5, 5.41) is 11.4. The molecule has 2 aromatic rings. The van der Waals surface area contributed by atoms with Crippen molar-refractivity contribution in [1.82, 2.24) is 9.80 Å². The number of ketones is 1. The van der Waals surface area contributed by atoms with Crippen molar-refractivity contribution in [1.29, 1.82) is 0 Å². The number of carbonyl (C=O) groups is 2. The van der Waals surface area contributed by atoms with Crippen molar-refractivity contribution in [2.45, 2.75) is 45.8 Å². The number of ether oxygens (including phenoxy) is 3. The van der Waals surface area contributed by atoms with Crippen molar-refractivity contribution in [3.63, 3.8) is 0 Å². The number of aliphatic hydroxyl groups excluding tert-OH is 1. The lowest BCUT2D eigenvalue weighted by atomic mass is 9.94. The fourth-order valence-corrected chi connectivity index (χ4v) is 5.21. The molecule has 8 nitrogen and oxygen atoms in total. The summed E-state index contributed by atoms with van der Waals surface area (Å²) in [6.07, 6.45) is 1.47. The number of hydrogen-bond acceptors (Lipinski definition) is 7. The van der Waals surface area contributed by atoms with Gasteiger partial charge >= 0.3 is 0 Å². The monoisotopic (exact) mass is 508 g/mol. The summed E-state index contributed by atoms with van der Waals surface area (Å²) in [5.74, 6) is 0.309. The molecule has 0 saturated carbocycles. The average Bonchev–Trinajstić information content (AvgIpc) is 3.41. The van der Waals surface area contributed by atoms with Crippen molar-refractivity contribution in [2.75, 3.05) is 40.4 Å². The number of aliphatic hydroxyl groups is 1. The molecule has 1 fully saturated rings. The summed E-state index contributed by atoms with van der Waals surface area (Å²) in [7, 11) is 3.09. The molecule has 0 radical (unpaired) electrons. The Hall–Kier alpha value is -3.52. The number of amides is 1. The van der Waals surface area contributed by atoms with Gasteiger partial charge in [0.05, 0.1) is 25.8 Å². The zero-order chi connectivity index (χ0) is 26.7. The summed E-state index contributed by atoms with van der Waals surface area (Å²) in [6.45, 7) is 9.19. The Morgan fingerprint density at radius 2 is 1.81 bits per heavy atom. The fraction of sp³-hybridized carbons (Fsp3) is 0.448. The van der Waals surface area contributed by atoms with Gasteiger partial charge in [-0.05, 0) is 74.4 Å². The molecule has 0 aliphatic carbocycles. The van der Waals surface area contributed by atoms with Crippen molar-refractivity contribution >= 4 is 17.4 Å². The average molecular weight is 509 g/mol. The molecule has 0 spiro atoms. The zero-order valence-electron chi connectivity index (χ0n) is 22.2. The van der Waals surface area contributed by atoms with Crippen molar-refractivity contribution in [2.24, 2.45) is 0 Å². The molecule has 0 aromatic heterocycles. The van der Waals surface area contributed by atoms with Crippen LogP contribution in [0.4, 0.5) is 0 Å². The van der Waals surface area contributed by atoms with E-state index in [-0.39, 0.29) is 17.4 Å². The highest BCUT2D eigenvalue weighted by Crippen LogP contribution is 2.42. The molecule has 1 amide bonds. The highest BCUT2D eigenvalue weighted by Gasteiger charge is 2.46. The Labute approximate surface area is 218 Å². The Morgan fingerprint density at radius 1 is 1.08 bits per heavy atom. The second kappa shape index (κ2) is 11.3. The van der Waals surface area contributed by atoms with Gasteiger partial charge in [0.25, 0.3) is 11.7 Å². The number of fused-ring (bicyclic) bond motifs is 1. The van der Waals surface area contributed by atoms with E-state index in [1.165, 1.54) is 7.11 Å². The first kappa shape index (κ1) is 26.5. The van der Waals surface area contributed by atoms with Gasteiger partial charge in [0.2, 0.25) is 0 Å². The number of methoxy groups -OCH3 is 2. The van der Waals surface area contributed by atoms with Crippen molar-refractivity contribution in [3.05, 3.63) is 58.7 Å². The second-order valence-electron chi connectivity index (χ2n) is 9.44. The first-order valence-electron chi connectivity index (χ1n) is 12.8. The third-order valence-corrected chi connectivity index (χ3v) is 7.20. The second-order valence-corrected chi connectivity index (χ2v) is 9.44. The minimum Gasteiger partial charge on any atom is -0.507 e. The zero-order valence-corrected chi connectivity index (χ0v) is 22.2. The summed E-state index contributed by atoms with van der Waals surface area (Å²) >= 11 is 0. The molecule has 0 unspecified atom stereocenters. The van der Waals surface area contributed by atoms with E-state index in [9.17, 15) is 14.7 Å². The van der Waals surface area contributed by atoms with Gasteiger partial charge in [0, 0.05) is 18.5 Å². The van der Waals surface area contributed by atoms with E-state index in [1.807, 2.05) is 13.0 Å². The molecular weight excluding hydrogens is 472 g/mol. The standard InChI is InChI=1S/C29H36N2O6/c1-6-30(7-2)13-8-14-31-26(19-9-12-23(35-4)24(17-19)36-5)25(28(33)29(31)34)27(32)20-10-11-22-21(16-20)15-18(3)37-22/h9-12,16-18,26,32H,6-8,13-15H2,1-5H3/t18-,26-/m1/s1. The van der Waals surface area contributed by atoms with E-state index in [4.69, 9.17) is 14.2 Å². The van der Waals surface area contributed by atoms with Crippen molar-refractivity contribution in [3.8, 4) is 17.2 Å². The fourth-order valence-electron chi connectivity index (χ4n) is 5.21.